The highest BCUT2D eigenvalue weighted by Gasteiger charge is 2.73. The number of likely N-dealkylation sites (tertiary alicyclic amines) is 1. The maximum absolute atomic E-state index is 14.5. The van der Waals surface area contributed by atoms with Crippen molar-refractivity contribution in [2.75, 3.05) is 18.1 Å². The van der Waals surface area contributed by atoms with Crippen LogP contribution in [0, 0.1) is 0 Å². The van der Waals surface area contributed by atoms with Crippen molar-refractivity contribution in [1.29, 1.82) is 0 Å². The standard InChI is InChI=1S/C22H23F7N2O3S/c23-20(21(24,25)26,22(27,28)29)13-2-3-14-12(11-13)1-4-16-15(14)5-8-31(16)18(34)30-19(17(32)33)6-9-35-10-7-19/h2-3,11,15-16H,1,4-10H2,(H,30,34)(H,32,33)/t15-,16?/m0/s1. The van der Waals surface area contributed by atoms with E-state index in [0.29, 0.717) is 35.6 Å². The zero-order valence-electron chi connectivity index (χ0n) is 18.3. The molecule has 2 amide bonds. The molecule has 1 aliphatic carbocycles. The number of rotatable bonds is 3. The van der Waals surface area contributed by atoms with Gasteiger partial charge in [0.25, 0.3) is 0 Å². The van der Waals surface area contributed by atoms with E-state index < -0.39 is 47.2 Å². The number of aliphatic carboxylic acids is 1. The maximum atomic E-state index is 14.5. The number of halogens is 7. The van der Waals surface area contributed by atoms with Crippen LogP contribution < -0.4 is 5.32 Å². The first-order chi connectivity index (χ1) is 16.2. The lowest BCUT2D eigenvalue weighted by Crippen LogP contribution is -2.60. The minimum Gasteiger partial charge on any atom is -0.480 e. The Morgan fingerprint density at radius 1 is 1.03 bits per heavy atom. The molecule has 1 unspecified atom stereocenters. The van der Waals surface area contributed by atoms with Crippen LogP contribution in [0.5, 0.6) is 0 Å². The monoisotopic (exact) mass is 528 g/mol. The summed E-state index contributed by atoms with van der Waals surface area (Å²) in [6.45, 7) is 0.255. The second kappa shape index (κ2) is 8.74. The van der Waals surface area contributed by atoms with Crippen molar-refractivity contribution >= 4 is 23.8 Å². The van der Waals surface area contributed by atoms with Crippen molar-refractivity contribution in [2.24, 2.45) is 0 Å². The summed E-state index contributed by atoms with van der Waals surface area (Å²) in [7, 11) is 0. The number of hydrogen-bond donors (Lipinski definition) is 2. The van der Waals surface area contributed by atoms with Crippen molar-refractivity contribution < 1.29 is 45.4 Å². The fraction of sp³-hybridized carbons (Fsp3) is 0.636. The quantitative estimate of drug-likeness (QED) is 0.534. The third-order valence-electron chi connectivity index (χ3n) is 7.34. The highest BCUT2D eigenvalue weighted by Crippen LogP contribution is 2.54. The van der Waals surface area contributed by atoms with Crippen LogP contribution in [-0.4, -0.2) is 64.0 Å². The van der Waals surface area contributed by atoms with Crippen molar-refractivity contribution in [3.63, 3.8) is 0 Å². The van der Waals surface area contributed by atoms with Crippen molar-refractivity contribution in [1.82, 2.24) is 10.2 Å². The van der Waals surface area contributed by atoms with E-state index >= 15 is 0 Å². The molecule has 2 saturated heterocycles. The van der Waals surface area contributed by atoms with Crippen LogP contribution >= 0.6 is 11.8 Å². The van der Waals surface area contributed by atoms with E-state index in [4.69, 9.17) is 0 Å². The van der Waals surface area contributed by atoms with Gasteiger partial charge in [-0.2, -0.15) is 38.1 Å². The maximum Gasteiger partial charge on any atom is 0.435 e. The Balaban J connectivity index is 1.57. The number of amides is 2. The summed E-state index contributed by atoms with van der Waals surface area (Å²) < 4.78 is 93.5. The van der Waals surface area contributed by atoms with Gasteiger partial charge in [-0.25, -0.2) is 14.0 Å². The number of nitrogens with one attached hydrogen (secondary N) is 1. The molecule has 2 fully saturated rings. The molecule has 3 aliphatic rings. The van der Waals surface area contributed by atoms with Gasteiger partial charge in [-0.15, -0.1) is 0 Å². The number of carboxylic acid groups (broad SMARTS) is 1. The Kier molecular flexibility index (Phi) is 6.46. The molecule has 2 atom stereocenters. The Morgan fingerprint density at radius 2 is 1.66 bits per heavy atom. The molecule has 0 radical (unpaired) electrons. The normalized spacial score (nSPS) is 24.5. The number of carboxylic acids is 1. The van der Waals surface area contributed by atoms with Gasteiger partial charge in [0.05, 0.1) is 0 Å². The van der Waals surface area contributed by atoms with Gasteiger partial charge in [0.15, 0.2) is 0 Å². The van der Waals surface area contributed by atoms with Gasteiger partial charge in [0.1, 0.15) is 5.54 Å². The Labute approximate surface area is 200 Å². The number of nitrogens with zero attached hydrogens (tertiary/aromatic N) is 1. The van der Waals surface area contributed by atoms with Crippen LogP contribution in [0.4, 0.5) is 35.5 Å². The van der Waals surface area contributed by atoms with E-state index in [1.165, 1.54) is 4.90 Å². The average molecular weight is 528 g/mol. The third-order valence-corrected chi connectivity index (χ3v) is 8.33. The topological polar surface area (TPSA) is 69.6 Å². The minimum absolute atomic E-state index is 0.0562. The zero-order valence-corrected chi connectivity index (χ0v) is 19.1. The van der Waals surface area contributed by atoms with Crippen LogP contribution in [0.1, 0.15) is 48.3 Å². The predicted octanol–water partition coefficient (Wildman–Crippen LogP) is 5.14. The Morgan fingerprint density at radius 3 is 2.23 bits per heavy atom. The van der Waals surface area contributed by atoms with Gasteiger partial charge in [0, 0.05) is 24.1 Å². The van der Waals surface area contributed by atoms with E-state index in [2.05, 4.69) is 5.32 Å². The molecule has 0 saturated carbocycles. The minimum atomic E-state index is -6.18. The summed E-state index contributed by atoms with van der Waals surface area (Å²) in [5, 5.41) is 12.4. The SMILES string of the molecule is O=C(NC1(C(=O)O)CCSCC1)N1CC[C@H]2c3ccc(C(F)(C(F)(F)F)C(F)(F)F)cc3CCC21. The van der Waals surface area contributed by atoms with Gasteiger partial charge in [-0.1, -0.05) is 18.2 Å². The largest absolute Gasteiger partial charge is 0.480 e. The van der Waals surface area contributed by atoms with Gasteiger partial charge in [-0.3, -0.25) is 0 Å². The molecule has 194 valence electrons. The number of thioether (sulfide) groups is 1. The van der Waals surface area contributed by atoms with Crippen molar-refractivity contribution in [2.45, 2.75) is 67.6 Å². The number of carbonyl (C=O) groups is 2. The second-order valence-corrected chi connectivity index (χ2v) is 10.4. The molecule has 2 heterocycles. The van der Waals surface area contributed by atoms with Gasteiger partial charge < -0.3 is 15.3 Å². The number of alkyl halides is 7. The molecular weight excluding hydrogens is 505 g/mol. The summed E-state index contributed by atoms with van der Waals surface area (Å²) in [5.41, 5.74) is -7.71. The number of carbonyl (C=O) groups excluding carboxylic acids is 1. The fourth-order valence-electron chi connectivity index (χ4n) is 5.40. The molecule has 13 heteroatoms. The van der Waals surface area contributed by atoms with Crippen LogP contribution in [-0.2, 0) is 16.9 Å². The van der Waals surface area contributed by atoms with Crippen LogP contribution in [0.25, 0.3) is 0 Å². The van der Waals surface area contributed by atoms with Gasteiger partial charge in [0.2, 0.25) is 0 Å². The highest BCUT2D eigenvalue weighted by atomic mass is 32.2. The molecule has 4 rings (SSSR count). The summed E-state index contributed by atoms with van der Waals surface area (Å²) >= 11 is 1.59. The van der Waals surface area contributed by atoms with Crippen LogP contribution in [0.3, 0.4) is 0 Å². The number of benzene rings is 1. The lowest BCUT2D eigenvalue weighted by molar-refractivity contribution is -0.348. The van der Waals surface area contributed by atoms with E-state index in [9.17, 15) is 45.4 Å². The van der Waals surface area contributed by atoms with E-state index in [1.54, 1.807) is 11.8 Å². The lowest BCUT2D eigenvalue weighted by atomic mass is 9.77. The van der Waals surface area contributed by atoms with Gasteiger partial charge in [-0.05, 0) is 54.7 Å². The molecule has 1 aromatic rings. The average Bonchev–Trinajstić information content (AvgIpc) is 3.22. The molecular formula is C22H23F7N2O3S. The second-order valence-electron chi connectivity index (χ2n) is 9.19. The summed E-state index contributed by atoms with van der Waals surface area (Å²) in [4.78, 5) is 26.4. The molecule has 2 aliphatic heterocycles. The first-order valence-electron chi connectivity index (χ1n) is 11.1. The Hall–Kier alpha value is -2.18. The fourth-order valence-corrected chi connectivity index (χ4v) is 6.59. The Bertz CT molecular complexity index is 994. The summed E-state index contributed by atoms with van der Waals surface area (Å²) in [5.74, 6) is -0.306. The predicted molar refractivity (Wildman–Crippen MR) is 113 cm³/mol. The van der Waals surface area contributed by atoms with Crippen LogP contribution in [0.2, 0.25) is 0 Å². The molecule has 0 aromatic heterocycles. The number of aryl methyl sites for hydroxylation is 1. The molecule has 1 aromatic carbocycles. The van der Waals surface area contributed by atoms with Crippen molar-refractivity contribution in [3.05, 3.63) is 34.9 Å². The third kappa shape index (κ3) is 4.23. The summed E-state index contributed by atoms with van der Waals surface area (Å²) in [6.07, 6.45) is -11.1. The van der Waals surface area contributed by atoms with E-state index in [-0.39, 0.29) is 43.7 Å². The number of fused-ring (bicyclic) bond motifs is 3. The number of hydrogen-bond acceptors (Lipinski definition) is 3. The molecule has 2 N–H and O–H groups in total. The molecule has 0 bridgehead atoms. The highest BCUT2D eigenvalue weighted by molar-refractivity contribution is 7.99. The molecule has 5 nitrogen and oxygen atoms in total. The smallest absolute Gasteiger partial charge is 0.435 e. The van der Waals surface area contributed by atoms with Crippen molar-refractivity contribution in [3.8, 4) is 0 Å². The zero-order chi connectivity index (χ0) is 25.8. The summed E-state index contributed by atoms with van der Waals surface area (Å²) in [6, 6.07) is 1.30. The van der Waals surface area contributed by atoms with E-state index in [0.717, 1.165) is 6.07 Å². The molecule has 0 spiro atoms. The lowest BCUT2D eigenvalue weighted by Gasteiger charge is -2.38. The van der Waals surface area contributed by atoms with Crippen LogP contribution in [0.15, 0.2) is 18.2 Å². The van der Waals surface area contributed by atoms with Gasteiger partial charge >= 0.3 is 30.0 Å². The first-order valence-corrected chi connectivity index (χ1v) is 12.2. The number of urea groups is 1. The molecule has 35 heavy (non-hydrogen) atoms. The van der Waals surface area contributed by atoms with E-state index in [1.807, 2.05) is 0 Å². The first kappa shape index (κ1) is 25.9.